The van der Waals surface area contributed by atoms with Crippen LogP contribution >= 0.6 is 0 Å². The Bertz CT molecular complexity index is 1750. The molecule has 0 fully saturated rings. The molecule has 0 aromatic heterocycles. The zero-order chi connectivity index (χ0) is 26.1. The zero-order valence-corrected chi connectivity index (χ0v) is 21.6. The Morgan fingerprint density at radius 1 is 0.737 bits per heavy atom. The Hall–Kier alpha value is -4.37. The molecule has 0 saturated carbocycles. The second-order valence-corrected chi connectivity index (χ2v) is 10.6. The Balaban J connectivity index is 1.54. The summed E-state index contributed by atoms with van der Waals surface area (Å²) in [5.41, 5.74) is 6.96. The van der Waals surface area contributed by atoms with Crippen molar-refractivity contribution in [1.29, 1.82) is 0 Å². The maximum atomic E-state index is 14.0. The van der Waals surface area contributed by atoms with Crippen molar-refractivity contribution in [1.82, 2.24) is 0 Å². The summed E-state index contributed by atoms with van der Waals surface area (Å²) in [4.78, 5) is 0. The number of ether oxygens (including phenoxy) is 2. The van der Waals surface area contributed by atoms with E-state index in [0.29, 0.717) is 0 Å². The molecule has 0 bridgehead atoms. The van der Waals surface area contributed by atoms with Gasteiger partial charge in [0.1, 0.15) is 17.3 Å². The van der Waals surface area contributed by atoms with Crippen LogP contribution in [-0.4, -0.2) is 7.11 Å². The summed E-state index contributed by atoms with van der Waals surface area (Å²) in [6.45, 7) is 4.59. The fourth-order valence-electron chi connectivity index (χ4n) is 6.41. The number of benzene rings is 5. The van der Waals surface area contributed by atoms with Gasteiger partial charge in [0.05, 0.1) is 7.11 Å². The fourth-order valence-corrected chi connectivity index (χ4v) is 6.41. The monoisotopic (exact) mass is 498 g/mol. The van der Waals surface area contributed by atoms with E-state index in [9.17, 15) is 4.39 Å². The van der Waals surface area contributed by atoms with Gasteiger partial charge in [0.25, 0.3) is 0 Å². The van der Waals surface area contributed by atoms with Gasteiger partial charge >= 0.3 is 0 Å². The van der Waals surface area contributed by atoms with Crippen molar-refractivity contribution in [2.24, 2.45) is 0 Å². The summed E-state index contributed by atoms with van der Waals surface area (Å²) < 4.78 is 26.6. The van der Waals surface area contributed by atoms with Crippen LogP contribution in [0.3, 0.4) is 0 Å². The standard InChI is InChI=1S/C35H27FO2/c1-34(2)30-11-7-6-10-28(30)31-26-8-4-5-9-27(26)33-29(32(31)34)20-21-35(38-33,22-12-16-24(36)17-13-22)23-14-18-25(37-3)19-15-23/h4-21H,1-3H3. The first-order valence-corrected chi connectivity index (χ1v) is 12.9. The number of hydrogen-bond acceptors (Lipinski definition) is 2. The van der Waals surface area contributed by atoms with Crippen LogP contribution in [-0.2, 0) is 11.0 Å². The Kier molecular flexibility index (Phi) is 4.84. The molecule has 2 nitrogen and oxygen atoms in total. The predicted octanol–water partition coefficient (Wildman–Crippen LogP) is 8.64. The minimum Gasteiger partial charge on any atom is -0.497 e. The molecule has 5 aromatic carbocycles. The molecule has 1 heterocycles. The van der Waals surface area contributed by atoms with Crippen LogP contribution in [0.25, 0.3) is 28.0 Å². The van der Waals surface area contributed by atoms with E-state index in [4.69, 9.17) is 9.47 Å². The van der Waals surface area contributed by atoms with E-state index < -0.39 is 5.60 Å². The second kappa shape index (κ2) is 8.06. The van der Waals surface area contributed by atoms with Gasteiger partial charge in [-0.15, -0.1) is 0 Å². The summed E-state index contributed by atoms with van der Waals surface area (Å²) in [5, 5.41) is 2.25. The van der Waals surface area contributed by atoms with Gasteiger partial charge in [-0.25, -0.2) is 4.39 Å². The van der Waals surface area contributed by atoms with Gasteiger partial charge in [-0.2, -0.15) is 0 Å². The van der Waals surface area contributed by atoms with Gasteiger partial charge in [-0.1, -0.05) is 92.7 Å². The van der Waals surface area contributed by atoms with Crippen LogP contribution < -0.4 is 9.47 Å². The highest BCUT2D eigenvalue weighted by atomic mass is 19.1. The van der Waals surface area contributed by atoms with Gasteiger partial charge in [0.15, 0.2) is 5.60 Å². The van der Waals surface area contributed by atoms with E-state index in [0.717, 1.165) is 33.6 Å². The Labute approximate surface area is 222 Å². The number of methoxy groups -OCH3 is 1. The lowest BCUT2D eigenvalue weighted by Gasteiger charge is -2.38. The van der Waals surface area contributed by atoms with E-state index in [-0.39, 0.29) is 11.2 Å². The average molecular weight is 499 g/mol. The number of fused-ring (bicyclic) bond motifs is 8. The average Bonchev–Trinajstić information content (AvgIpc) is 3.20. The molecular formula is C35H27FO2. The van der Waals surface area contributed by atoms with E-state index in [2.05, 4.69) is 74.5 Å². The Morgan fingerprint density at radius 3 is 2.08 bits per heavy atom. The molecule has 0 amide bonds. The van der Waals surface area contributed by atoms with Gasteiger partial charge < -0.3 is 9.47 Å². The number of halogens is 1. The molecule has 1 atom stereocenters. The van der Waals surface area contributed by atoms with Crippen molar-refractivity contribution in [3.05, 3.63) is 137 Å². The molecule has 3 heteroatoms. The van der Waals surface area contributed by atoms with Gasteiger partial charge in [0.2, 0.25) is 0 Å². The SMILES string of the molecule is COc1ccc(C2(c3ccc(F)cc3)C=Cc3c4c(c5ccccc5c3O2)-c2ccccc2C4(C)C)cc1. The molecule has 1 unspecified atom stereocenters. The molecule has 0 saturated heterocycles. The second-order valence-electron chi connectivity index (χ2n) is 10.6. The molecule has 186 valence electrons. The largest absolute Gasteiger partial charge is 0.497 e. The fraction of sp³-hybridized carbons (Fsp3) is 0.143. The third-order valence-corrected chi connectivity index (χ3v) is 8.24. The molecular weight excluding hydrogens is 471 g/mol. The highest BCUT2D eigenvalue weighted by Crippen LogP contribution is 2.57. The van der Waals surface area contributed by atoms with Crippen molar-refractivity contribution in [3.8, 4) is 22.6 Å². The first kappa shape index (κ1) is 22.8. The lowest BCUT2D eigenvalue weighted by atomic mass is 9.77. The smallest absolute Gasteiger partial charge is 0.178 e. The summed E-state index contributed by atoms with van der Waals surface area (Å²) in [6, 6.07) is 31.7. The summed E-state index contributed by atoms with van der Waals surface area (Å²) in [6.07, 6.45) is 4.34. The molecule has 7 rings (SSSR count). The van der Waals surface area contributed by atoms with Gasteiger partial charge in [-0.05, 0) is 58.0 Å². The van der Waals surface area contributed by atoms with Gasteiger partial charge in [-0.3, -0.25) is 0 Å². The van der Waals surface area contributed by atoms with E-state index in [1.807, 2.05) is 36.4 Å². The third kappa shape index (κ3) is 3.05. The maximum Gasteiger partial charge on any atom is 0.178 e. The molecule has 5 aromatic rings. The predicted molar refractivity (Wildman–Crippen MR) is 151 cm³/mol. The van der Waals surface area contributed by atoms with Crippen LogP contribution in [0.4, 0.5) is 4.39 Å². The Morgan fingerprint density at radius 2 is 1.37 bits per heavy atom. The normalized spacial score (nSPS) is 18.4. The van der Waals surface area contributed by atoms with Crippen molar-refractivity contribution < 1.29 is 13.9 Å². The van der Waals surface area contributed by atoms with Crippen LogP contribution in [0.5, 0.6) is 11.5 Å². The highest BCUT2D eigenvalue weighted by Gasteiger charge is 2.44. The molecule has 0 spiro atoms. The van der Waals surface area contributed by atoms with Crippen molar-refractivity contribution >= 4 is 16.8 Å². The molecule has 2 aliphatic rings. The summed E-state index contributed by atoms with van der Waals surface area (Å²) in [7, 11) is 1.66. The van der Waals surface area contributed by atoms with E-state index in [1.165, 1.54) is 39.8 Å². The molecule has 1 aliphatic heterocycles. The minimum atomic E-state index is -0.931. The quantitative estimate of drug-likeness (QED) is 0.248. The van der Waals surface area contributed by atoms with Crippen molar-refractivity contribution in [2.45, 2.75) is 24.9 Å². The summed E-state index contributed by atoms with van der Waals surface area (Å²) >= 11 is 0. The van der Waals surface area contributed by atoms with E-state index in [1.54, 1.807) is 7.11 Å². The lowest BCUT2D eigenvalue weighted by molar-refractivity contribution is 0.163. The first-order valence-electron chi connectivity index (χ1n) is 12.9. The third-order valence-electron chi connectivity index (χ3n) is 8.24. The zero-order valence-electron chi connectivity index (χ0n) is 21.6. The topological polar surface area (TPSA) is 18.5 Å². The van der Waals surface area contributed by atoms with Crippen LogP contribution in [0, 0.1) is 5.82 Å². The maximum absolute atomic E-state index is 14.0. The lowest BCUT2D eigenvalue weighted by Crippen LogP contribution is -2.35. The molecule has 0 N–H and O–H groups in total. The number of hydrogen-bond donors (Lipinski definition) is 0. The molecule has 38 heavy (non-hydrogen) atoms. The van der Waals surface area contributed by atoms with E-state index >= 15 is 0 Å². The van der Waals surface area contributed by atoms with Crippen molar-refractivity contribution in [2.75, 3.05) is 7.11 Å². The van der Waals surface area contributed by atoms with Gasteiger partial charge in [0, 0.05) is 27.5 Å². The van der Waals surface area contributed by atoms with Crippen LogP contribution in [0.2, 0.25) is 0 Å². The van der Waals surface area contributed by atoms with Crippen LogP contribution in [0.15, 0.2) is 103 Å². The molecule has 0 radical (unpaired) electrons. The molecule has 1 aliphatic carbocycles. The first-order chi connectivity index (χ1) is 18.4. The summed E-state index contributed by atoms with van der Waals surface area (Å²) in [5.74, 6) is 1.34. The van der Waals surface area contributed by atoms with Crippen molar-refractivity contribution in [3.63, 3.8) is 0 Å². The minimum absolute atomic E-state index is 0.191. The highest BCUT2D eigenvalue weighted by molar-refractivity contribution is 6.08. The number of rotatable bonds is 3. The van der Waals surface area contributed by atoms with Crippen LogP contribution in [0.1, 0.15) is 41.7 Å².